The van der Waals surface area contributed by atoms with Gasteiger partial charge in [0.1, 0.15) is 16.9 Å². The molecular formula is C25H26N6O3. The molecule has 0 aliphatic carbocycles. The van der Waals surface area contributed by atoms with Crippen molar-refractivity contribution >= 4 is 22.8 Å². The van der Waals surface area contributed by atoms with Crippen molar-refractivity contribution in [2.75, 3.05) is 25.0 Å². The number of amides is 1. The molecular weight excluding hydrogens is 432 g/mol. The number of fused-ring (bicyclic) bond motifs is 1. The van der Waals surface area contributed by atoms with Crippen molar-refractivity contribution in [2.45, 2.75) is 18.9 Å². The lowest BCUT2D eigenvalue weighted by atomic mass is 10.0. The smallest absolute Gasteiger partial charge is 0.407 e. The number of aromatic amines is 1. The van der Waals surface area contributed by atoms with Crippen LogP contribution >= 0.6 is 0 Å². The lowest BCUT2D eigenvalue weighted by molar-refractivity contribution is 0.131. The monoisotopic (exact) mass is 458 g/mol. The van der Waals surface area contributed by atoms with Gasteiger partial charge in [-0.25, -0.2) is 14.5 Å². The molecule has 0 radical (unpaired) electrons. The first kappa shape index (κ1) is 21.7. The van der Waals surface area contributed by atoms with E-state index in [1.165, 1.54) is 4.90 Å². The van der Waals surface area contributed by atoms with E-state index in [0.29, 0.717) is 22.6 Å². The van der Waals surface area contributed by atoms with E-state index in [4.69, 9.17) is 4.98 Å². The quantitative estimate of drug-likeness (QED) is 0.484. The van der Waals surface area contributed by atoms with Crippen LogP contribution in [0.1, 0.15) is 12.8 Å². The molecule has 1 aliphatic heterocycles. The van der Waals surface area contributed by atoms with Crippen LogP contribution in [-0.4, -0.2) is 62.0 Å². The van der Waals surface area contributed by atoms with Crippen LogP contribution in [0.3, 0.4) is 0 Å². The molecule has 1 fully saturated rings. The third kappa shape index (κ3) is 3.89. The first-order valence-corrected chi connectivity index (χ1v) is 11.3. The van der Waals surface area contributed by atoms with Gasteiger partial charge in [-0.3, -0.25) is 4.79 Å². The molecule has 2 N–H and O–H groups in total. The van der Waals surface area contributed by atoms with Crippen molar-refractivity contribution in [2.24, 2.45) is 7.05 Å². The van der Waals surface area contributed by atoms with E-state index in [0.717, 1.165) is 42.7 Å². The number of aryl methyl sites for hydroxylation is 1. The summed E-state index contributed by atoms with van der Waals surface area (Å²) in [5.41, 5.74) is 3.68. The van der Waals surface area contributed by atoms with Gasteiger partial charge in [0, 0.05) is 50.0 Å². The highest BCUT2D eigenvalue weighted by Gasteiger charge is 2.25. The summed E-state index contributed by atoms with van der Waals surface area (Å²) >= 11 is 0. The molecule has 5 rings (SSSR count). The van der Waals surface area contributed by atoms with Crippen LogP contribution in [-0.2, 0) is 7.05 Å². The number of benzene rings is 2. The van der Waals surface area contributed by atoms with Gasteiger partial charge in [0.15, 0.2) is 5.65 Å². The Morgan fingerprint density at radius 1 is 1.06 bits per heavy atom. The molecule has 34 heavy (non-hydrogen) atoms. The zero-order valence-electron chi connectivity index (χ0n) is 19.1. The minimum absolute atomic E-state index is 0.0497. The van der Waals surface area contributed by atoms with Crippen molar-refractivity contribution in [1.29, 1.82) is 0 Å². The lowest BCUT2D eigenvalue weighted by Gasteiger charge is -2.36. The molecule has 0 bridgehead atoms. The number of carbonyl (C=O) groups is 1. The molecule has 9 heteroatoms. The summed E-state index contributed by atoms with van der Waals surface area (Å²) in [6.45, 7) is 1.58. The fourth-order valence-corrected chi connectivity index (χ4v) is 4.59. The Balaban J connectivity index is 1.39. The molecule has 1 amide bonds. The molecule has 9 nitrogen and oxygen atoms in total. The van der Waals surface area contributed by atoms with Crippen LogP contribution in [0.15, 0.2) is 59.4 Å². The maximum atomic E-state index is 13.0. The summed E-state index contributed by atoms with van der Waals surface area (Å²) in [5, 5.41) is 14.2. The number of rotatable bonds is 4. The zero-order chi connectivity index (χ0) is 23.8. The number of piperidine rings is 1. The van der Waals surface area contributed by atoms with E-state index in [2.05, 4.69) is 15.0 Å². The summed E-state index contributed by atoms with van der Waals surface area (Å²) in [5.74, 6) is 0.494. The Bertz CT molecular complexity index is 1390. The Kier molecular flexibility index (Phi) is 5.53. The van der Waals surface area contributed by atoms with Gasteiger partial charge in [0.05, 0.1) is 0 Å². The fraction of sp³-hybridized carbons (Fsp3) is 0.280. The van der Waals surface area contributed by atoms with Crippen LogP contribution in [0.5, 0.6) is 0 Å². The van der Waals surface area contributed by atoms with E-state index >= 15 is 0 Å². The van der Waals surface area contributed by atoms with E-state index in [1.54, 1.807) is 18.8 Å². The number of H-pyrrole nitrogens is 1. The predicted molar refractivity (Wildman–Crippen MR) is 131 cm³/mol. The molecule has 4 aromatic rings. The second kappa shape index (κ2) is 8.66. The Hall–Kier alpha value is -4.14. The Labute approximate surface area is 196 Å². The van der Waals surface area contributed by atoms with Gasteiger partial charge in [-0.15, -0.1) is 0 Å². The topological polar surface area (TPSA) is 107 Å². The van der Waals surface area contributed by atoms with Crippen LogP contribution in [0, 0.1) is 0 Å². The number of hydrogen-bond donors (Lipinski definition) is 2. The zero-order valence-corrected chi connectivity index (χ0v) is 19.1. The standard InChI is InChI=1S/C25H26N6O3/c1-29(25(33)34)18-12-14-31(15-13-18)19-10-8-17(9-11-19)22-26-23-20(24(32)27-22)21(28-30(23)2)16-6-4-3-5-7-16/h3-11,18H,12-15H2,1-2H3,(H,33,34)(H,26,27,32). The first-order chi connectivity index (χ1) is 16.4. The highest BCUT2D eigenvalue weighted by Crippen LogP contribution is 2.27. The normalized spacial score (nSPS) is 14.5. The van der Waals surface area contributed by atoms with Gasteiger partial charge < -0.3 is 19.9 Å². The maximum absolute atomic E-state index is 13.0. The van der Waals surface area contributed by atoms with E-state index in [-0.39, 0.29) is 11.6 Å². The van der Waals surface area contributed by atoms with E-state index < -0.39 is 6.09 Å². The largest absolute Gasteiger partial charge is 0.465 e. The van der Waals surface area contributed by atoms with E-state index in [9.17, 15) is 14.7 Å². The van der Waals surface area contributed by atoms with Gasteiger partial charge in [-0.1, -0.05) is 30.3 Å². The molecule has 0 spiro atoms. The summed E-state index contributed by atoms with van der Waals surface area (Å²) < 4.78 is 1.64. The van der Waals surface area contributed by atoms with Crippen LogP contribution in [0.4, 0.5) is 10.5 Å². The van der Waals surface area contributed by atoms with Crippen molar-refractivity contribution in [3.8, 4) is 22.6 Å². The molecule has 0 saturated carbocycles. The molecule has 2 aromatic carbocycles. The van der Waals surface area contributed by atoms with Gasteiger partial charge in [0.25, 0.3) is 5.56 Å². The average Bonchev–Trinajstić information content (AvgIpc) is 3.21. The first-order valence-electron chi connectivity index (χ1n) is 11.3. The van der Waals surface area contributed by atoms with Crippen molar-refractivity contribution in [3.05, 3.63) is 65.0 Å². The molecule has 1 saturated heterocycles. The van der Waals surface area contributed by atoms with Crippen molar-refractivity contribution < 1.29 is 9.90 Å². The van der Waals surface area contributed by atoms with Crippen molar-refractivity contribution in [1.82, 2.24) is 24.6 Å². The number of nitrogens with one attached hydrogen (secondary N) is 1. The Morgan fingerprint density at radius 2 is 1.74 bits per heavy atom. The summed E-state index contributed by atoms with van der Waals surface area (Å²) in [7, 11) is 3.42. The highest BCUT2D eigenvalue weighted by molar-refractivity contribution is 5.91. The number of nitrogens with zero attached hydrogens (tertiary/aromatic N) is 5. The average molecular weight is 459 g/mol. The van der Waals surface area contributed by atoms with Gasteiger partial charge in [-0.2, -0.15) is 5.10 Å². The van der Waals surface area contributed by atoms with Crippen LogP contribution < -0.4 is 10.5 Å². The number of hydrogen-bond acceptors (Lipinski definition) is 5. The summed E-state index contributed by atoms with van der Waals surface area (Å²) in [6.07, 6.45) is 0.700. The molecule has 174 valence electrons. The summed E-state index contributed by atoms with van der Waals surface area (Å²) in [6, 6.07) is 17.6. The van der Waals surface area contributed by atoms with E-state index in [1.807, 2.05) is 54.6 Å². The third-order valence-corrected chi connectivity index (χ3v) is 6.56. The fourth-order valence-electron chi connectivity index (χ4n) is 4.59. The minimum atomic E-state index is -0.884. The van der Waals surface area contributed by atoms with Crippen LogP contribution in [0.25, 0.3) is 33.7 Å². The number of anilines is 1. The molecule has 1 aliphatic rings. The highest BCUT2D eigenvalue weighted by atomic mass is 16.4. The SMILES string of the molecule is CN(C(=O)O)C1CCN(c2ccc(-c3nc4c(c(-c5ccccc5)nn4C)c(=O)[nH]3)cc2)CC1. The maximum Gasteiger partial charge on any atom is 0.407 e. The minimum Gasteiger partial charge on any atom is -0.465 e. The third-order valence-electron chi connectivity index (χ3n) is 6.56. The number of carboxylic acid groups (broad SMARTS) is 1. The predicted octanol–water partition coefficient (Wildman–Crippen LogP) is 3.57. The summed E-state index contributed by atoms with van der Waals surface area (Å²) in [4.78, 5) is 35.5. The lowest BCUT2D eigenvalue weighted by Crippen LogP contribution is -2.45. The van der Waals surface area contributed by atoms with Gasteiger partial charge in [-0.05, 0) is 37.1 Å². The Morgan fingerprint density at radius 3 is 2.38 bits per heavy atom. The molecule has 3 heterocycles. The molecule has 2 aromatic heterocycles. The molecule has 0 unspecified atom stereocenters. The molecule has 0 atom stereocenters. The van der Waals surface area contributed by atoms with Crippen LogP contribution in [0.2, 0.25) is 0 Å². The second-order valence-electron chi connectivity index (χ2n) is 8.61. The second-order valence-corrected chi connectivity index (χ2v) is 8.61. The van der Waals surface area contributed by atoms with Crippen molar-refractivity contribution in [3.63, 3.8) is 0 Å². The van der Waals surface area contributed by atoms with Gasteiger partial charge in [0.2, 0.25) is 0 Å². The number of aromatic nitrogens is 4. The van der Waals surface area contributed by atoms with Gasteiger partial charge >= 0.3 is 6.09 Å².